The average molecular weight is 237 g/mol. The molecule has 0 unspecified atom stereocenters. The minimum Gasteiger partial charge on any atom is -0.464 e. The van der Waals surface area contributed by atoms with E-state index in [1.54, 1.807) is 6.07 Å². The maximum absolute atomic E-state index is 13.4. The van der Waals surface area contributed by atoms with E-state index < -0.39 is 11.6 Å². The Balaban J connectivity index is 2.13. The van der Waals surface area contributed by atoms with Crippen molar-refractivity contribution in [3.8, 4) is 0 Å². The summed E-state index contributed by atoms with van der Waals surface area (Å²) in [6, 6.07) is 7.20. The SMILES string of the molecule is CNCc1ccc(Cc2ccc(F)cc2F)o1. The van der Waals surface area contributed by atoms with Crippen LogP contribution in [0, 0.1) is 11.6 Å². The third-order valence-corrected chi connectivity index (χ3v) is 2.45. The number of halogens is 2. The van der Waals surface area contributed by atoms with Gasteiger partial charge in [0.1, 0.15) is 23.2 Å². The Hall–Kier alpha value is -1.68. The summed E-state index contributed by atoms with van der Waals surface area (Å²) in [4.78, 5) is 0. The molecule has 1 heterocycles. The van der Waals surface area contributed by atoms with E-state index in [0.717, 1.165) is 11.8 Å². The fourth-order valence-corrected chi connectivity index (χ4v) is 1.64. The van der Waals surface area contributed by atoms with Crippen LogP contribution in [0.4, 0.5) is 8.78 Å². The number of hydrogen-bond acceptors (Lipinski definition) is 2. The summed E-state index contributed by atoms with van der Waals surface area (Å²) in [5, 5.41) is 2.96. The van der Waals surface area contributed by atoms with Crippen molar-refractivity contribution >= 4 is 0 Å². The molecule has 0 spiro atoms. The molecule has 2 rings (SSSR count). The van der Waals surface area contributed by atoms with Crippen LogP contribution in [0.3, 0.4) is 0 Å². The topological polar surface area (TPSA) is 25.2 Å². The van der Waals surface area contributed by atoms with Gasteiger partial charge < -0.3 is 9.73 Å². The fourth-order valence-electron chi connectivity index (χ4n) is 1.64. The van der Waals surface area contributed by atoms with Crippen LogP contribution in [-0.2, 0) is 13.0 Å². The molecule has 0 saturated carbocycles. The molecule has 2 nitrogen and oxygen atoms in total. The van der Waals surface area contributed by atoms with Crippen molar-refractivity contribution in [1.82, 2.24) is 5.32 Å². The molecule has 1 N–H and O–H groups in total. The number of benzene rings is 1. The average Bonchev–Trinajstić information content (AvgIpc) is 2.71. The van der Waals surface area contributed by atoms with E-state index >= 15 is 0 Å². The monoisotopic (exact) mass is 237 g/mol. The van der Waals surface area contributed by atoms with Gasteiger partial charge in [-0.05, 0) is 30.8 Å². The molecule has 0 fully saturated rings. The lowest BCUT2D eigenvalue weighted by Gasteiger charge is -2.01. The first-order valence-electron chi connectivity index (χ1n) is 5.35. The molecule has 0 radical (unpaired) electrons. The number of hydrogen-bond donors (Lipinski definition) is 1. The van der Waals surface area contributed by atoms with Crippen LogP contribution in [0.25, 0.3) is 0 Å². The zero-order valence-corrected chi connectivity index (χ0v) is 9.47. The zero-order valence-electron chi connectivity index (χ0n) is 9.47. The quantitative estimate of drug-likeness (QED) is 0.884. The Kier molecular flexibility index (Phi) is 3.54. The standard InChI is InChI=1S/C13H13F2NO/c1-16-8-12-5-4-11(17-12)6-9-2-3-10(14)7-13(9)15/h2-5,7,16H,6,8H2,1H3. The van der Waals surface area contributed by atoms with Crippen LogP contribution in [0.1, 0.15) is 17.1 Å². The Morgan fingerprint density at radius 2 is 1.88 bits per heavy atom. The molecule has 1 aromatic heterocycles. The van der Waals surface area contributed by atoms with E-state index in [9.17, 15) is 8.78 Å². The predicted octanol–water partition coefficient (Wildman–Crippen LogP) is 2.87. The summed E-state index contributed by atoms with van der Waals surface area (Å²) in [5.74, 6) is 0.351. The van der Waals surface area contributed by atoms with Gasteiger partial charge in [0.15, 0.2) is 0 Å². The summed E-state index contributed by atoms with van der Waals surface area (Å²) >= 11 is 0. The summed E-state index contributed by atoms with van der Waals surface area (Å²) < 4.78 is 31.6. The highest BCUT2D eigenvalue weighted by Crippen LogP contribution is 2.16. The molecule has 0 aliphatic rings. The molecule has 0 aliphatic carbocycles. The minimum atomic E-state index is -0.568. The number of rotatable bonds is 4. The van der Waals surface area contributed by atoms with Gasteiger partial charge in [0.05, 0.1) is 6.54 Å². The Morgan fingerprint density at radius 3 is 2.59 bits per heavy atom. The van der Waals surface area contributed by atoms with Crippen molar-refractivity contribution in [2.75, 3.05) is 7.05 Å². The van der Waals surface area contributed by atoms with Gasteiger partial charge >= 0.3 is 0 Å². The maximum atomic E-state index is 13.4. The van der Waals surface area contributed by atoms with Gasteiger partial charge in [-0.1, -0.05) is 6.07 Å². The summed E-state index contributed by atoms with van der Waals surface area (Å²) in [6.07, 6.45) is 0.329. The Labute approximate surface area is 98.3 Å². The van der Waals surface area contributed by atoms with Crippen molar-refractivity contribution in [2.45, 2.75) is 13.0 Å². The molecule has 0 bridgehead atoms. The normalized spacial score (nSPS) is 10.8. The second-order valence-electron chi connectivity index (χ2n) is 3.81. The van der Waals surface area contributed by atoms with E-state index in [4.69, 9.17) is 4.42 Å². The van der Waals surface area contributed by atoms with E-state index in [1.165, 1.54) is 12.1 Å². The Bertz CT molecular complexity index is 508. The van der Waals surface area contributed by atoms with Gasteiger partial charge in [0, 0.05) is 12.5 Å². The smallest absolute Gasteiger partial charge is 0.129 e. The molecule has 90 valence electrons. The molecule has 0 aliphatic heterocycles. The second-order valence-corrected chi connectivity index (χ2v) is 3.81. The van der Waals surface area contributed by atoms with Crippen molar-refractivity contribution in [3.05, 3.63) is 59.1 Å². The van der Waals surface area contributed by atoms with Gasteiger partial charge in [-0.25, -0.2) is 8.78 Å². The largest absolute Gasteiger partial charge is 0.464 e. The lowest BCUT2D eigenvalue weighted by molar-refractivity contribution is 0.459. The van der Waals surface area contributed by atoms with E-state index in [0.29, 0.717) is 24.3 Å². The first kappa shape index (κ1) is 11.8. The van der Waals surface area contributed by atoms with Crippen LogP contribution in [0.5, 0.6) is 0 Å². The number of furan rings is 1. The van der Waals surface area contributed by atoms with Crippen LogP contribution >= 0.6 is 0 Å². The van der Waals surface area contributed by atoms with Crippen molar-refractivity contribution < 1.29 is 13.2 Å². The van der Waals surface area contributed by atoms with Crippen molar-refractivity contribution in [3.63, 3.8) is 0 Å². The molecule has 0 atom stereocenters. The maximum Gasteiger partial charge on any atom is 0.129 e. The number of nitrogens with one attached hydrogen (secondary N) is 1. The summed E-state index contributed by atoms with van der Waals surface area (Å²) in [6.45, 7) is 0.631. The molecular weight excluding hydrogens is 224 g/mol. The van der Waals surface area contributed by atoms with E-state index in [-0.39, 0.29) is 0 Å². The zero-order chi connectivity index (χ0) is 12.3. The van der Waals surface area contributed by atoms with Crippen LogP contribution in [0.15, 0.2) is 34.7 Å². The predicted molar refractivity (Wildman–Crippen MR) is 60.6 cm³/mol. The van der Waals surface area contributed by atoms with Gasteiger partial charge in [-0.3, -0.25) is 0 Å². The molecular formula is C13H13F2NO. The fraction of sp³-hybridized carbons (Fsp3) is 0.231. The first-order valence-corrected chi connectivity index (χ1v) is 5.35. The van der Waals surface area contributed by atoms with Gasteiger partial charge in [0.25, 0.3) is 0 Å². The summed E-state index contributed by atoms with van der Waals surface area (Å²) in [7, 11) is 1.82. The van der Waals surface area contributed by atoms with Gasteiger partial charge in [-0.2, -0.15) is 0 Å². The highest BCUT2D eigenvalue weighted by molar-refractivity contribution is 5.23. The van der Waals surface area contributed by atoms with Gasteiger partial charge in [0.2, 0.25) is 0 Å². The third-order valence-electron chi connectivity index (χ3n) is 2.45. The van der Waals surface area contributed by atoms with Crippen molar-refractivity contribution in [2.24, 2.45) is 0 Å². The van der Waals surface area contributed by atoms with E-state index in [1.807, 2.05) is 13.1 Å². The second kappa shape index (κ2) is 5.10. The van der Waals surface area contributed by atoms with Crippen LogP contribution in [0.2, 0.25) is 0 Å². The highest BCUT2D eigenvalue weighted by atomic mass is 19.1. The lowest BCUT2D eigenvalue weighted by Crippen LogP contribution is -2.03. The summed E-state index contributed by atoms with van der Waals surface area (Å²) in [5.41, 5.74) is 0.428. The highest BCUT2D eigenvalue weighted by Gasteiger charge is 2.07. The molecule has 0 saturated heterocycles. The van der Waals surface area contributed by atoms with E-state index in [2.05, 4.69) is 5.32 Å². The lowest BCUT2D eigenvalue weighted by atomic mass is 10.1. The molecule has 0 amide bonds. The van der Waals surface area contributed by atoms with Gasteiger partial charge in [-0.15, -0.1) is 0 Å². The molecule has 17 heavy (non-hydrogen) atoms. The molecule has 1 aromatic carbocycles. The van der Waals surface area contributed by atoms with Crippen molar-refractivity contribution in [1.29, 1.82) is 0 Å². The molecule has 2 aromatic rings. The molecule has 4 heteroatoms. The van der Waals surface area contributed by atoms with Crippen LogP contribution in [-0.4, -0.2) is 7.05 Å². The van der Waals surface area contributed by atoms with Crippen LogP contribution < -0.4 is 5.32 Å². The third kappa shape index (κ3) is 2.91. The minimum absolute atomic E-state index is 0.329. The first-order chi connectivity index (χ1) is 8.19. The Morgan fingerprint density at radius 1 is 1.12 bits per heavy atom.